The van der Waals surface area contributed by atoms with Gasteiger partial charge in [-0.25, -0.2) is 4.79 Å². The summed E-state index contributed by atoms with van der Waals surface area (Å²) < 4.78 is 2.57. The third-order valence-corrected chi connectivity index (χ3v) is 15.5. The number of rotatable bonds is 3. The predicted octanol–water partition coefficient (Wildman–Crippen LogP) is 7.07. The molecular formula is C30H34BrN3O2Si. The number of halogens is 1. The van der Waals surface area contributed by atoms with Crippen LogP contribution < -0.4 is 10.2 Å². The number of benzene rings is 2. The SMILES string of the molecule is Cc1c(C#C[Si](C(C)C)(C(C)C)C(C)C)n2c3c(cc(Br)cc13)C1(NC2=O)C(=O)N(C)c2ccccc21. The van der Waals surface area contributed by atoms with E-state index in [0.717, 1.165) is 37.8 Å². The van der Waals surface area contributed by atoms with E-state index in [1.54, 1.807) is 16.5 Å². The molecule has 0 bridgehead atoms. The summed E-state index contributed by atoms with van der Waals surface area (Å²) in [6.45, 7) is 15.8. The lowest BCUT2D eigenvalue weighted by atomic mass is 9.81. The van der Waals surface area contributed by atoms with Crippen LogP contribution in [0.3, 0.4) is 0 Å². The number of anilines is 1. The van der Waals surface area contributed by atoms with E-state index in [1.807, 2.05) is 43.3 Å². The Bertz CT molecular complexity index is 1520. The van der Waals surface area contributed by atoms with Crippen LogP contribution in [-0.4, -0.2) is 31.6 Å². The fourth-order valence-corrected chi connectivity index (χ4v) is 12.7. The molecule has 1 atom stereocenters. The van der Waals surface area contributed by atoms with Crippen molar-refractivity contribution in [2.75, 3.05) is 11.9 Å². The van der Waals surface area contributed by atoms with Crippen molar-refractivity contribution in [1.82, 2.24) is 9.88 Å². The van der Waals surface area contributed by atoms with E-state index in [-0.39, 0.29) is 11.9 Å². The molecule has 37 heavy (non-hydrogen) atoms. The Morgan fingerprint density at radius 3 is 2.22 bits per heavy atom. The summed E-state index contributed by atoms with van der Waals surface area (Å²) in [5, 5.41) is 4.08. The fraction of sp³-hybridized carbons (Fsp3) is 0.400. The fourth-order valence-electron chi connectivity index (χ4n) is 7.00. The zero-order chi connectivity index (χ0) is 27.0. The zero-order valence-corrected chi connectivity index (χ0v) is 25.4. The molecule has 0 saturated carbocycles. The second-order valence-electron chi connectivity index (χ2n) is 11.4. The Hall–Kier alpha value is -2.82. The van der Waals surface area contributed by atoms with E-state index < -0.39 is 13.6 Å². The Labute approximate surface area is 228 Å². The average Bonchev–Trinajstić information content (AvgIpc) is 3.22. The van der Waals surface area contributed by atoms with Gasteiger partial charge in [-0.3, -0.25) is 9.36 Å². The van der Waals surface area contributed by atoms with Gasteiger partial charge in [0.25, 0.3) is 5.91 Å². The first kappa shape index (κ1) is 25.8. The first-order chi connectivity index (χ1) is 17.4. The van der Waals surface area contributed by atoms with Crippen molar-refractivity contribution >= 4 is 52.5 Å². The van der Waals surface area contributed by atoms with Crippen LogP contribution in [0.4, 0.5) is 10.5 Å². The number of nitrogens with one attached hydrogen (secondary N) is 1. The Morgan fingerprint density at radius 1 is 0.973 bits per heavy atom. The zero-order valence-electron chi connectivity index (χ0n) is 22.8. The molecule has 3 heterocycles. The van der Waals surface area contributed by atoms with Crippen molar-refractivity contribution in [1.29, 1.82) is 0 Å². The van der Waals surface area contributed by atoms with Gasteiger partial charge in [0.2, 0.25) is 0 Å². The summed E-state index contributed by atoms with van der Waals surface area (Å²) >= 11 is 3.69. The maximum Gasteiger partial charge on any atom is 0.328 e. The molecule has 1 unspecified atom stereocenters. The van der Waals surface area contributed by atoms with Gasteiger partial charge in [0.1, 0.15) is 13.8 Å². The molecular weight excluding hydrogens is 542 g/mol. The van der Waals surface area contributed by atoms with Gasteiger partial charge in [-0.1, -0.05) is 81.6 Å². The third kappa shape index (κ3) is 3.28. The van der Waals surface area contributed by atoms with Gasteiger partial charge in [0, 0.05) is 33.7 Å². The summed E-state index contributed by atoms with van der Waals surface area (Å²) in [5.41, 5.74) is 8.78. The topological polar surface area (TPSA) is 54.3 Å². The van der Waals surface area contributed by atoms with Crippen LogP contribution in [0.15, 0.2) is 40.9 Å². The van der Waals surface area contributed by atoms with Gasteiger partial charge < -0.3 is 10.2 Å². The number of hydrogen-bond donors (Lipinski definition) is 1. The van der Waals surface area contributed by atoms with Gasteiger partial charge in [-0.2, -0.15) is 0 Å². The molecule has 0 radical (unpaired) electrons. The lowest BCUT2D eigenvalue weighted by Gasteiger charge is -2.38. The van der Waals surface area contributed by atoms with Crippen LogP contribution in [0.1, 0.15) is 63.9 Å². The second-order valence-corrected chi connectivity index (χ2v) is 17.9. The Morgan fingerprint density at radius 2 is 1.59 bits per heavy atom. The summed E-state index contributed by atoms with van der Waals surface area (Å²) in [4.78, 5) is 29.5. The van der Waals surface area contributed by atoms with E-state index in [9.17, 15) is 9.59 Å². The summed E-state index contributed by atoms with van der Waals surface area (Å²) in [6.07, 6.45) is 0. The van der Waals surface area contributed by atoms with Crippen LogP contribution in [-0.2, 0) is 10.3 Å². The largest absolute Gasteiger partial charge is 0.328 e. The minimum Gasteiger partial charge on any atom is -0.315 e. The number of nitrogens with zero attached hydrogens (tertiary/aromatic N) is 2. The first-order valence-corrected chi connectivity index (χ1v) is 16.0. The number of likely N-dealkylation sites (N-methyl/N-ethyl adjacent to an activating group) is 1. The molecule has 0 aliphatic carbocycles. The van der Waals surface area contributed by atoms with Crippen molar-refractivity contribution in [2.24, 2.45) is 0 Å². The van der Waals surface area contributed by atoms with Crippen LogP contribution >= 0.6 is 15.9 Å². The molecule has 2 aliphatic rings. The van der Waals surface area contributed by atoms with E-state index in [0.29, 0.717) is 22.3 Å². The van der Waals surface area contributed by atoms with Gasteiger partial charge in [0.05, 0.1) is 5.52 Å². The number of para-hydroxylation sites is 1. The highest BCUT2D eigenvalue weighted by molar-refractivity contribution is 9.10. The summed E-state index contributed by atoms with van der Waals surface area (Å²) in [7, 11) is -0.257. The molecule has 3 aromatic rings. The van der Waals surface area contributed by atoms with Crippen molar-refractivity contribution in [3.63, 3.8) is 0 Å². The molecule has 1 spiro atoms. The number of fused-ring (bicyclic) bond motifs is 3. The summed E-state index contributed by atoms with van der Waals surface area (Å²) in [6, 6.07) is 11.4. The maximum atomic E-state index is 14.0. The Kier molecular flexibility index (Phi) is 6.00. The number of carbonyl (C=O) groups excluding carboxylic acids is 2. The second kappa shape index (κ2) is 8.61. The first-order valence-electron chi connectivity index (χ1n) is 13.0. The highest BCUT2D eigenvalue weighted by Gasteiger charge is 2.56. The van der Waals surface area contributed by atoms with Crippen LogP contribution in [0.2, 0.25) is 16.6 Å². The van der Waals surface area contributed by atoms with Crippen molar-refractivity contribution in [3.05, 3.63) is 63.3 Å². The molecule has 5 rings (SSSR count). The highest BCUT2D eigenvalue weighted by Crippen LogP contribution is 2.49. The van der Waals surface area contributed by atoms with E-state index in [1.165, 1.54) is 0 Å². The minimum atomic E-state index is -2.02. The monoisotopic (exact) mass is 575 g/mol. The third-order valence-electron chi connectivity index (χ3n) is 8.74. The van der Waals surface area contributed by atoms with Crippen molar-refractivity contribution in [3.8, 4) is 11.5 Å². The highest BCUT2D eigenvalue weighted by atomic mass is 79.9. The molecule has 0 saturated heterocycles. The normalized spacial score (nSPS) is 18.8. The number of aryl methyl sites for hydroxylation is 1. The lowest BCUT2D eigenvalue weighted by molar-refractivity contribution is -0.122. The quantitative estimate of drug-likeness (QED) is 0.268. The molecule has 0 fully saturated rings. The molecule has 1 aromatic heterocycles. The van der Waals surface area contributed by atoms with E-state index in [2.05, 4.69) is 74.3 Å². The predicted molar refractivity (Wildman–Crippen MR) is 157 cm³/mol. The molecule has 2 aromatic carbocycles. The van der Waals surface area contributed by atoms with Crippen molar-refractivity contribution in [2.45, 2.75) is 70.6 Å². The number of aromatic nitrogens is 1. The van der Waals surface area contributed by atoms with E-state index in [4.69, 9.17) is 0 Å². The van der Waals surface area contributed by atoms with E-state index >= 15 is 0 Å². The van der Waals surface area contributed by atoms with Crippen molar-refractivity contribution < 1.29 is 9.59 Å². The Balaban J connectivity index is 1.85. The van der Waals surface area contributed by atoms with Gasteiger partial charge in [0.15, 0.2) is 5.54 Å². The van der Waals surface area contributed by atoms with Gasteiger partial charge in [-0.15, -0.1) is 5.54 Å². The molecule has 192 valence electrons. The molecule has 1 N–H and O–H groups in total. The number of amides is 2. The molecule has 2 aliphatic heterocycles. The van der Waals surface area contributed by atoms with Gasteiger partial charge in [-0.05, 0) is 47.3 Å². The van der Waals surface area contributed by atoms with Gasteiger partial charge >= 0.3 is 6.03 Å². The number of hydrogen-bond acceptors (Lipinski definition) is 2. The van der Waals surface area contributed by atoms with Crippen LogP contribution in [0.25, 0.3) is 10.9 Å². The standard InChI is InChI=1S/C30H34BrN3O2Si/c1-17(2)37(18(3)4,19(5)6)14-13-25-20(7)22-15-21(31)16-24-27(22)34(25)29(36)32-30(24)23-11-9-10-12-26(23)33(8)28(30)35/h9-12,15-19H,1-8H3,(H,32,36). The summed E-state index contributed by atoms with van der Waals surface area (Å²) in [5.74, 6) is 3.38. The smallest absolute Gasteiger partial charge is 0.315 e. The van der Waals surface area contributed by atoms with Crippen LogP contribution in [0.5, 0.6) is 0 Å². The molecule has 2 amide bonds. The average molecular weight is 577 g/mol. The molecule has 5 nitrogen and oxygen atoms in total. The number of carbonyl (C=O) groups is 2. The van der Waals surface area contributed by atoms with Crippen LogP contribution in [0, 0.1) is 18.4 Å². The minimum absolute atomic E-state index is 0.162. The lowest BCUT2D eigenvalue weighted by Crippen LogP contribution is -2.57. The molecule has 7 heteroatoms. The maximum absolute atomic E-state index is 14.0.